The molecule has 1 heterocycles. The molecule has 0 bridgehead atoms. The highest BCUT2D eigenvalue weighted by Gasteiger charge is 2.30. The van der Waals surface area contributed by atoms with Crippen LogP contribution in [0.15, 0.2) is 83.6 Å². The summed E-state index contributed by atoms with van der Waals surface area (Å²) in [7, 11) is 1.60. The van der Waals surface area contributed by atoms with Crippen molar-refractivity contribution in [3.05, 3.63) is 107 Å². The molecule has 1 aromatic heterocycles. The van der Waals surface area contributed by atoms with Gasteiger partial charge in [0, 0.05) is 18.1 Å². The molecule has 1 aliphatic carbocycles. The molecule has 0 amide bonds. The van der Waals surface area contributed by atoms with Crippen molar-refractivity contribution in [1.29, 1.82) is 0 Å². The molecule has 184 valence electrons. The standard InChI is InChI=1S/C31H30FNO3/c1-31(2)14-5-8-29(31)27-18-22(9-11-26(27)28-19-24(34-3)10-12-30(28)32)20-35-25-7-4-6-21(17-25)16-23-13-15-36-33-23/h4,6-13,15,17-19H,5,14,16,20H2,1-3H3. The van der Waals surface area contributed by atoms with E-state index >= 15 is 0 Å². The normalized spacial score (nSPS) is 14.5. The van der Waals surface area contributed by atoms with Crippen LogP contribution >= 0.6 is 0 Å². The fourth-order valence-corrected chi connectivity index (χ4v) is 4.89. The fourth-order valence-electron chi connectivity index (χ4n) is 4.89. The molecule has 0 fully saturated rings. The second-order valence-corrected chi connectivity index (χ2v) is 9.87. The van der Waals surface area contributed by atoms with Crippen LogP contribution in [0.1, 0.15) is 49.1 Å². The molecule has 5 rings (SSSR count). The van der Waals surface area contributed by atoms with Gasteiger partial charge in [-0.05, 0) is 82.5 Å². The predicted molar refractivity (Wildman–Crippen MR) is 139 cm³/mol. The minimum atomic E-state index is -0.263. The molecule has 0 saturated carbocycles. The van der Waals surface area contributed by atoms with E-state index in [0.717, 1.165) is 46.5 Å². The van der Waals surface area contributed by atoms with Crippen molar-refractivity contribution in [3.8, 4) is 22.6 Å². The molecule has 0 radical (unpaired) electrons. The van der Waals surface area contributed by atoms with Crippen molar-refractivity contribution in [3.63, 3.8) is 0 Å². The Kier molecular flexibility index (Phi) is 6.64. The Labute approximate surface area is 211 Å². The van der Waals surface area contributed by atoms with Crippen LogP contribution in [0.2, 0.25) is 0 Å². The summed E-state index contributed by atoms with van der Waals surface area (Å²) in [5, 5.41) is 3.99. The molecule has 1 aliphatic rings. The van der Waals surface area contributed by atoms with Gasteiger partial charge >= 0.3 is 0 Å². The van der Waals surface area contributed by atoms with Gasteiger partial charge in [0.25, 0.3) is 0 Å². The van der Waals surface area contributed by atoms with E-state index in [-0.39, 0.29) is 11.2 Å². The fraction of sp³-hybridized carbons (Fsp3) is 0.258. The molecule has 4 aromatic rings. The van der Waals surface area contributed by atoms with Gasteiger partial charge in [-0.25, -0.2) is 4.39 Å². The second kappa shape index (κ2) is 10.0. The second-order valence-electron chi connectivity index (χ2n) is 9.87. The van der Waals surface area contributed by atoms with Crippen LogP contribution in [0.5, 0.6) is 11.5 Å². The number of ether oxygens (including phenoxy) is 2. The van der Waals surface area contributed by atoms with E-state index in [1.807, 2.05) is 42.5 Å². The van der Waals surface area contributed by atoms with Crippen molar-refractivity contribution < 1.29 is 18.4 Å². The van der Waals surface area contributed by atoms with Gasteiger partial charge in [0.1, 0.15) is 30.2 Å². The predicted octanol–water partition coefficient (Wildman–Crippen LogP) is 7.86. The number of halogens is 1. The van der Waals surface area contributed by atoms with Crippen LogP contribution in [0.4, 0.5) is 4.39 Å². The average molecular weight is 484 g/mol. The largest absolute Gasteiger partial charge is 0.497 e. The molecular weight excluding hydrogens is 453 g/mol. The Morgan fingerprint density at radius 2 is 1.81 bits per heavy atom. The zero-order valence-electron chi connectivity index (χ0n) is 20.9. The number of methoxy groups -OCH3 is 1. The first-order valence-electron chi connectivity index (χ1n) is 12.2. The lowest BCUT2D eigenvalue weighted by atomic mass is 9.79. The van der Waals surface area contributed by atoms with Crippen molar-refractivity contribution in [2.24, 2.45) is 5.41 Å². The van der Waals surface area contributed by atoms with E-state index in [4.69, 9.17) is 14.0 Å². The zero-order valence-corrected chi connectivity index (χ0v) is 20.9. The monoisotopic (exact) mass is 483 g/mol. The molecule has 4 nitrogen and oxygen atoms in total. The number of allylic oxidation sites excluding steroid dienone is 2. The van der Waals surface area contributed by atoms with Gasteiger partial charge in [-0.3, -0.25) is 0 Å². The number of benzene rings is 3. The Balaban J connectivity index is 1.44. The zero-order chi connectivity index (χ0) is 25.1. The Hall–Kier alpha value is -3.86. The van der Waals surface area contributed by atoms with E-state index in [1.54, 1.807) is 25.5 Å². The van der Waals surface area contributed by atoms with E-state index in [1.165, 1.54) is 11.6 Å². The summed E-state index contributed by atoms with van der Waals surface area (Å²) in [6.45, 7) is 4.91. The van der Waals surface area contributed by atoms with Crippen molar-refractivity contribution in [2.75, 3.05) is 7.11 Å². The van der Waals surface area contributed by atoms with Crippen LogP contribution in [0.3, 0.4) is 0 Å². The lowest BCUT2D eigenvalue weighted by Crippen LogP contribution is -2.10. The summed E-state index contributed by atoms with van der Waals surface area (Å²) in [6, 6.07) is 20.9. The maximum Gasteiger partial charge on any atom is 0.131 e. The summed E-state index contributed by atoms with van der Waals surface area (Å²) >= 11 is 0. The molecule has 0 unspecified atom stereocenters. The van der Waals surface area contributed by atoms with Gasteiger partial charge in [-0.2, -0.15) is 0 Å². The lowest BCUT2D eigenvalue weighted by Gasteiger charge is -2.25. The molecule has 0 saturated heterocycles. The van der Waals surface area contributed by atoms with E-state index in [0.29, 0.717) is 24.3 Å². The van der Waals surface area contributed by atoms with Gasteiger partial charge in [0.05, 0.1) is 12.8 Å². The highest BCUT2D eigenvalue weighted by molar-refractivity contribution is 5.85. The van der Waals surface area contributed by atoms with Gasteiger partial charge in [0.15, 0.2) is 0 Å². The van der Waals surface area contributed by atoms with Crippen LogP contribution in [0, 0.1) is 11.2 Å². The number of hydrogen-bond donors (Lipinski definition) is 0. The van der Waals surface area contributed by atoms with Crippen molar-refractivity contribution in [2.45, 2.75) is 39.7 Å². The van der Waals surface area contributed by atoms with E-state index in [9.17, 15) is 4.39 Å². The smallest absolute Gasteiger partial charge is 0.131 e. The van der Waals surface area contributed by atoms with Crippen molar-refractivity contribution in [1.82, 2.24) is 5.16 Å². The summed E-state index contributed by atoms with van der Waals surface area (Å²) in [6.07, 6.45) is 6.63. The van der Waals surface area contributed by atoms with Crippen LogP contribution in [0.25, 0.3) is 16.7 Å². The molecule has 0 spiro atoms. The molecule has 3 aromatic carbocycles. The molecular formula is C31H30FNO3. The van der Waals surface area contributed by atoms with Gasteiger partial charge < -0.3 is 14.0 Å². The number of aromatic nitrogens is 1. The van der Waals surface area contributed by atoms with Gasteiger partial charge in [0.2, 0.25) is 0 Å². The van der Waals surface area contributed by atoms with Crippen molar-refractivity contribution >= 4 is 5.57 Å². The Bertz CT molecular complexity index is 1390. The third-order valence-corrected chi connectivity index (χ3v) is 6.87. The minimum Gasteiger partial charge on any atom is -0.497 e. The average Bonchev–Trinajstić information content (AvgIpc) is 3.52. The maximum atomic E-state index is 15.0. The first kappa shape index (κ1) is 23.9. The van der Waals surface area contributed by atoms with Gasteiger partial charge in [-0.1, -0.05) is 49.3 Å². The maximum absolute atomic E-state index is 15.0. The number of rotatable bonds is 8. The Morgan fingerprint density at radius 1 is 0.917 bits per heavy atom. The topological polar surface area (TPSA) is 44.5 Å². The minimum absolute atomic E-state index is 0.0129. The number of hydrogen-bond acceptors (Lipinski definition) is 4. The van der Waals surface area contributed by atoms with Crippen LogP contribution < -0.4 is 9.47 Å². The summed E-state index contributed by atoms with van der Waals surface area (Å²) in [4.78, 5) is 0. The lowest BCUT2D eigenvalue weighted by molar-refractivity contribution is 0.306. The summed E-state index contributed by atoms with van der Waals surface area (Å²) in [5.74, 6) is 1.16. The first-order chi connectivity index (χ1) is 17.4. The van der Waals surface area contributed by atoms with E-state index < -0.39 is 0 Å². The molecule has 0 N–H and O–H groups in total. The first-order valence-corrected chi connectivity index (χ1v) is 12.2. The molecule has 5 heteroatoms. The molecule has 0 aliphatic heterocycles. The quantitative estimate of drug-likeness (QED) is 0.256. The summed E-state index contributed by atoms with van der Waals surface area (Å²) in [5.41, 5.74) is 6.73. The Morgan fingerprint density at radius 3 is 2.56 bits per heavy atom. The SMILES string of the molecule is COc1ccc(F)c(-c2ccc(COc3cccc(Cc4ccon4)c3)cc2C2=CCCC2(C)C)c1. The third kappa shape index (κ3) is 5.06. The van der Waals surface area contributed by atoms with Crippen LogP contribution in [-0.2, 0) is 13.0 Å². The van der Waals surface area contributed by atoms with Crippen LogP contribution in [-0.4, -0.2) is 12.3 Å². The third-order valence-electron chi connectivity index (χ3n) is 6.87. The van der Waals surface area contributed by atoms with Gasteiger partial charge in [-0.15, -0.1) is 0 Å². The van der Waals surface area contributed by atoms with E-state index in [2.05, 4.69) is 31.1 Å². The summed E-state index contributed by atoms with van der Waals surface area (Å²) < 4.78 is 31.5. The molecule has 36 heavy (non-hydrogen) atoms. The number of nitrogens with zero attached hydrogens (tertiary/aromatic N) is 1. The highest BCUT2D eigenvalue weighted by Crippen LogP contribution is 2.47. The molecule has 0 atom stereocenters. The highest BCUT2D eigenvalue weighted by atomic mass is 19.1.